The van der Waals surface area contributed by atoms with Crippen LogP contribution in [-0.4, -0.2) is 19.5 Å². The molecule has 0 amide bonds. The summed E-state index contributed by atoms with van der Waals surface area (Å²) in [6.07, 6.45) is 5.25. The van der Waals surface area contributed by atoms with Gasteiger partial charge in [-0.3, -0.25) is 0 Å². The first kappa shape index (κ1) is 11.3. The van der Waals surface area contributed by atoms with E-state index in [1.165, 1.54) is 0 Å². The molecule has 0 unspecified atom stereocenters. The lowest BCUT2D eigenvalue weighted by atomic mass is 10.3. The zero-order valence-corrected chi connectivity index (χ0v) is 11.2. The molecule has 2 rings (SSSR count). The molecule has 0 saturated heterocycles. The van der Waals surface area contributed by atoms with Gasteiger partial charge in [-0.1, -0.05) is 0 Å². The summed E-state index contributed by atoms with van der Waals surface area (Å²) in [6.45, 7) is 4.17. The number of halogens is 1. The molecule has 16 heavy (non-hydrogen) atoms. The van der Waals surface area contributed by atoms with E-state index in [0.29, 0.717) is 17.7 Å². The van der Waals surface area contributed by atoms with Crippen LogP contribution in [-0.2, 0) is 0 Å². The third kappa shape index (κ3) is 2.01. The zero-order valence-electron chi connectivity index (χ0n) is 9.05. The van der Waals surface area contributed by atoms with Gasteiger partial charge in [0, 0.05) is 12.2 Å². The van der Waals surface area contributed by atoms with Crippen LogP contribution in [0, 0.1) is 3.57 Å². The van der Waals surface area contributed by atoms with Crippen LogP contribution in [0.1, 0.15) is 19.9 Å². The molecular formula is C10H12IN5. The Bertz CT molecular complexity index is 506. The van der Waals surface area contributed by atoms with Gasteiger partial charge in [0.05, 0.1) is 16.1 Å². The fraction of sp³-hybridized carbons (Fsp3) is 0.300. The van der Waals surface area contributed by atoms with Gasteiger partial charge in [0.15, 0.2) is 5.82 Å². The van der Waals surface area contributed by atoms with E-state index >= 15 is 0 Å². The molecule has 0 aliphatic heterocycles. The number of rotatable bonds is 2. The molecule has 0 bridgehead atoms. The molecule has 0 spiro atoms. The minimum absolute atomic E-state index is 0.321. The normalized spacial score (nSPS) is 11.0. The molecule has 0 saturated carbocycles. The minimum atomic E-state index is 0.321. The van der Waals surface area contributed by atoms with E-state index in [4.69, 9.17) is 5.73 Å². The van der Waals surface area contributed by atoms with Crippen LogP contribution in [0.25, 0.3) is 11.5 Å². The summed E-state index contributed by atoms with van der Waals surface area (Å²) in [5.41, 5.74) is 6.65. The summed E-state index contributed by atoms with van der Waals surface area (Å²) >= 11 is 2.11. The maximum absolute atomic E-state index is 5.76. The summed E-state index contributed by atoms with van der Waals surface area (Å²) < 4.78 is 2.87. The standard InChI is InChI=1S/C10H12IN5/c1-6(2)16-5-13-4-8(16)10-14-3-7(11)9(12)15-10/h3-6H,1-2H3,(H2,12,14,15). The molecule has 2 aromatic heterocycles. The Morgan fingerprint density at radius 2 is 2.12 bits per heavy atom. The van der Waals surface area contributed by atoms with E-state index in [1.54, 1.807) is 18.7 Å². The van der Waals surface area contributed by atoms with Crippen molar-refractivity contribution in [2.45, 2.75) is 19.9 Å². The molecule has 2 heterocycles. The SMILES string of the molecule is CC(C)n1cncc1-c1ncc(I)c(N)n1. The van der Waals surface area contributed by atoms with Gasteiger partial charge in [-0.2, -0.15) is 0 Å². The predicted octanol–water partition coefficient (Wildman–Crippen LogP) is 2.11. The number of nitrogen functional groups attached to an aromatic ring is 1. The molecule has 0 aliphatic rings. The van der Waals surface area contributed by atoms with E-state index in [0.717, 1.165) is 9.26 Å². The van der Waals surface area contributed by atoms with E-state index in [2.05, 4.69) is 51.4 Å². The fourth-order valence-corrected chi connectivity index (χ4v) is 1.65. The van der Waals surface area contributed by atoms with Crippen LogP contribution < -0.4 is 5.73 Å². The summed E-state index contributed by atoms with van der Waals surface area (Å²) in [5, 5.41) is 0. The van der Waals surface area contributed by atoms with Crippen molar-refractivity contribution in [3.63, 3.8) is 0 Å². The number of aromatic nitrogens is 4. The summed E-state index contributed by atoms with van der Waals surface area (Å²) in [4.78, 5) is 12.6. The van der Waals surface area contributed by atoms with Crippen molar-refractivity contribution in [2.24, 2.45) is 0 Å². The van der Waals surface area contributed by atoms with Crippen molar-refractivity contribution in [2.75, 3.05) is 5.73 Å². The predicted molar refractivity (Wildman–Crippen MR) is 70.8 cm³/mol. The van der Waals surface area contributed by atoms with Gasteiger partial charge in [-0.15, -0.1) is 0 Å². The molecule has 0 radical (unpaired) electrons. The van der Waals surface area contributed by atoms with Gasteiger partial charge in [-0.25, -0.2) is 15.0 Å². The highest BCUT2D eigenvalue weighted by molar-refractivity contribution is 14.1. The van der Waals surface area contributed by atoms with E-state index < -0.39 is 0 Å². The highest BCUT2D eigenvalue weighted by Gasteiger charge is 2.11. The lowest BCUT2D eigenvalue weighted by Crippen LogP contribution is -2.05. The van der Waals surface area contributed by atoms with Crippen molar-refractivity contribution in [3.05, 3.63) is 22.3 Å². The third-order valence-corrected chi connectivity index (χ3v) is 3.05. The van der Waals surface area contributed by atoms with Crippen LogP contribution >= 0.6 is 22.6 Å². The number of nitrogens with zero attached hydrogens (tertiary/aromatic N) is 4. The average molecular weight is 329 g/mol. The maximum atomic E-state index is 5.76. The molecule has 84 valence electrons. The molecule has 0 aliphatic carbocycles. The first-order chi connectivity index (χ1) is 7.59. The monoisotopic (exact) mass is 329 g/mol. The van der Waals surface area contributed by atoms with Crippen molar-refractivity contribution in [1.29, 1.82) is 0 Å². The second-order valence-corrected chi connectivity index (χ2v) is 4.87. The number of hydrogen-bond donors (Lipinski definition) is 1. The quantitative estimate of drug-likeness (QED) is 0.857. The average Bonchev–Trinajstić information content (AvgIpc) is 2.71. The molecular weight excluding hydrogens is 317 g/mol. The van der Waals surface area contributed by atoms with Gasteiger partial charge in [0.2, 0.25) is 0 Å². The van der Waals surface area contributed by atoms with Crippen molar-refractivity contribution in [1.82, 2.24) is 19.5 Å². The summed E-state index contributed by atoms with van der Waals surface area (Å²) in [7, 11) is 0. The van der Waals surface area contributed by atoms with Crippen LogP contribution in [0.2, 0.25) is 0 Å². The summed E-state index contributed by atoms with van der Waals surface area (Å²) in [5.74, 6) is 1.12. The van der Waals surface area contributed by atoms with Gasteiger partial charge in [-0.05, 0) is 36.4 Å². The molecule has 2 N–H and O–H groups in total. The Kier molecular flexibility index (Phi) is 3.08. The second kappa shape index (κ2) is 4.36. The topological polar surface area (TPSA) is 69.6 Å². The number of nitrogens with two attached hydrogens (primary N) is 1. The largest absolute Gasteiger partial charge is 0.383 e. The van der Waals surface area contributed by atoms with Crippen molar-refractivity contribution in [3.8, 4) is 11.5 Å². The van der Waals surface area contributed by atoms with Gasteiger partial charge in [0.1, 0.15) is 11.5 Å². The smallest absolute Gasteiger partial charge is 0.179 e. The molecule has 0 fully saturated rings. The Labute approximate surface area is 107 Å². The Balaban J connectivity index is 2.50. The van der Waals surface area contributed by atoms with Crippen molar-refractivity contribution >= 4 is 28.4 Å². The first-order valence-corrected chi connectivity index (χ1v) is 5.97. The Morgan fingerprint density at radius 3 is 2.75 bits per heavy atom. The Hall–Kier alpha value is -1.18. The van der Waals surface area contributed by atoms with Gasteiger partial charge < -0.3 is 10.3 Å². The molecule has 5 nitrogen and oxygen atoms in total. The highest BCUT2D eigenvalue weighted by Crippen LogP contribution is 2.20. The number of imidazole rings is 1. The third-order valence-electron chi connectivity index (χ3n) is 2.22. The van der Waals surface area contributed by atoms with Gasteiger partial charge in [0.25, 0.3) is 0 Å². The number of anilines is 1. The molecule has 0 atom stereocenters. The Morgan fingerprint density at radius 1 is 1.38 bits per heavy atom. The van der Waals surface area contributed by atoms with Crippen LogP contribution in [0.3, 0.4) is 0 Å². The van der Waals surface area contributed by atoms with E-state index in [1.807, 2.05) is 4.57 Å². The molecule has 0 aromatic carbocycles. The molecule has 2 aromatic rings. The van der Waals surface area contributed by atoms with Gasteiger partial charge >= 0.3 is 0 Å². The van der Waals surface area contributed by atoms with Crippen LogP contribution in [0.4, 0.5) is 5.82 Å². The lowest BCUT2D eigenvalue weighted by molar-refractivity contribution is 0.603. The maximum Gasteiger partial charge on any atom is 0.179 e. The summed E-state index contributed by atoms with van der Waals surface area (Å²) in [6, 6.07) is 0.321. The molecule has 6 heteroatoms. The lowest BCUT2D eigenvalue weighted by Gasteiger charge is -2.10. The van der Waals surface area contributed by atoms with Crippen LogP contribution in [0.15, 0.2) is 18.7 Å². The van der Waals surface area contributed by atoms with E-state index in [-0.39, 0.29) is 0 Å². The highest BCUT2D eigenvalue weighted by atomic mass is 127. The minimum Gasteiger partial charge on any atom is -0.383 e. The van der Waals surface area contributed by atoms with Crippen molar-refractivity contribution < 1.29 is 0 Å². The number of hydrogen-bond acceptors (Lipinski definition) is 4. The second-order valence-electron chi connectivity index (χ2n) is 3.71. The zero-order chi connectivity index (χ0) is 11.7. The fourth-order valence-electron chi connectivity index (χ4n) is 1.39. The van der Waals surface area contributed by atoms with E-state index in [9.17, 15) is 0 Å². The first-order valence-electron chi connectivity index (χ1n) is 4.90. The van der Waals surface area contributed by atoms with Crippen LogP contribution in [0.5, 0.6) is 0 Å².